The van der Waals surface area contributed by atoms with Crippen LogP contribution in [0.15, 0.2) is 66.7 Å². The molecular formula is C26H36O6P2. The van der Waals surface area contributed by atoms with Crippen molar-refractivity contribution >= 4 is 26.5 Å². The van der Waals surface area contributed by atoms with Crippen LogP contribution in [-0.4, -0.2) is 24.5 Å². The van der Waals surface area contributed by atoms with Gasteiger partial charge in [-0.3, -0.25) is 0 Å². The van der Waals surface area contributed by atoms with Gasteiger partial charge in [0.25, 0.3) is 0 Å². The first-order valence-corrected chi connectivity index (χ1v) is 14.8. The van der Waals surface area contributed by atoms with Gasteiger partial charge in [-0.15, -0.1) is 0 Å². The molecule has 0 spiro atoms. The van der Waals surface area contributed by atoms with Crippen molar-refractivity contribution in [1.82, 2.24) is 0 Å². The molecule has 0 aliphatic carbocycles. The Morgan fingerprint density at radius 1 is 0.588 bits per heavy atom. The van der Waals surface area contributed by atoms with Crippen molar-refractivity contribution in [3.8, 4) is 16.9 Å². The van der Waals surface area contributed by atoms with Crippen LogP contribution in [-0.2, 0) is 10.8 Å². The zero-order valence-electron chi connectivity index (χ0n) is 20.5. The maximum atomic E-state index is 10.9. The average Bonchev–Trinajstić information content (AvgIpc) is 2.72. The Balaban J connectivity index is 1.88. The summed E-state index contributed by atoms with van der Waals surface area (Å²) in [4.78, 5) is 50.1. The van der Waals surface area contributed by atoms with E-state index in [9.17, 15) is 24.5 Å². The third-order valence-corrected chi connectivity index (χ3v) is 8.47. The molecule has 0 saturated heterocycles. The fourth-order valence-corrected chi connectivity index (χ4v) is 5.47. The third-order valence-electron chi connectivity index (χ3n) is 5.77. The van der Waals surface area contributed by atoms with E-state index < -0.39 is 15.9 Å². The minimum atomic E-state index is -4.34. The van der Waals surface area contributed by atoms with E-state index in [0.29, 0.717) is 11.1 Å². The van der Waals surface area contributed by atoms with Gasteiger partial charge in [0.15, 0.2) is 0 Å². The first-order chi connectivity index (χ1) is 15.5. The molecule has 0 unspecified atom stereocenters. The van der Waals surface area contributed by atoms with Crippen molar-refractivity contribution < 1.29 is 29.0 Å². The van der Waals surface area contributed by atoms with Crippen molar-refractivity contribution in [2.24, 2.45) is 0 Å². The molecule has 0 amide bonds. The number of benzene rings is 3. The molecule has 0 atom stereocenters. The quantitative estimate of drug-likeness (QED) is 0.332. The maximum absolute atomic E-state index is 10.9. The van der Waals surface area contributed by atoms with Gasteiger partial charge in [-0.05, 0) is 0 Å². The van der Waals surface area contributed by atoms with Crippen LogP contribution < -0.4 is 15.1 Å². The van der Waals surface area contributed by atoms with Gasteiger partial charge in [0, 0.05) is 0 Å². The Kier molecular flexibility index (Phi) is 7.30. The van der Waals surface area contributed by atoms with Crippen LogP contribution in [0.1, 0.15) is 52.7 Å². The van der Waals surface area contributed by atoms with Gasteiger partial charge in [0.05, 0.1) is 0 Å². The van der Waals surface area contributed by atoms with Gasteiger partial charge in [0.1, 0.15) is 0 Å². The number of rotatable bonds is 5. The average molecular weight is 507 g/mol. The summed E-state index contributed by atoms with van der Waals surface area (Å²) in [5.74, 6) is 0.460. The molecule has 0 fully saturated rings. The van der Waals surface area contributed by atoms with Crippen LogP contribution in [0.4, 0.5) is 0 Å². The third kappa shape index (κ3) is 6.21. The van der Waals surface area contributed by atoms with Crippen molar-refractivity contribution in [3.63, 3.8) is 0 Å². The molecule has 0 aliphatic heterocycles. The van der Waals surface area contributed by atoms with Crippen molar-refractivity contribution in [2.75, 3.05) is 0 Å². The predicted molar refractivity (Wildman–Crippen MR) is 143 cm³/mol. The molecule has 3 aromatic carbocycles. The normalized spacial score (nSPS) is 14.1. The zero-order chi connectivity index (χ0) is 25.5. The number of hydrogen-bond donors (Lipinski definition) is 5. The van der Waals surface area contributed by atoms with Crippen LogP contribution in [0, 0.1) is 0 Å². The van der Waals surface area contributed by atoms with Crippen LogP contribution in [0.5, 0.6) is 5.75 Å². The Morgan fingerprint density at radius 3 is 1.47 bits per heavy atom. The number of hydrogen-bond acceptors (Lipinski definition) is 6. The molecule has 3 rings (SSSR count). The Morgan fingerprint density at radius 2 is 1.06 bits per heavy atom. The summed E-state index contributed by atoms with van der Waals surface area (Å²) < 4.78 is 5.88. The molecule has 0 bridgehead atoms. The van der Waals surface area contributed by atoms with Crippen LogP contribution in [0.2, 0.25) is 0 Å². The van der Waals surface area contributed by atoms with Gasteiger partial charge in [0.2, 0.25) is 0 Å². The summed E-state index contributed by atoms with van der Waals surface area (Å²) in [5, 5.41) is 0.394. The summed E-state index contributed by atoms with van der Waals surface area (Å²) in [5.41, 5.74) is 3.33. The SMILES string of the molecule is CC(C)(C)c1ccc(O[PH](O)(O)c2ccc(-c3ccc([PH](O)(O)O)cc3)cc2)c(C(C)(C)C)c1. The summed E-state index contributed by atoms with van der Waals surface area (Å²) in [7, 11) is -8.58. The van der Waals surface area contributed by atoms with Gasteiger partial charge in [-0.25, -0.2) is 0 Å². The molecule has 3 aromatic rings. The molecule has 34 heavy (non-hydrogen) atoms. The van der Waals surface area contributed by atoms with E-state index >= 15 is 0 Å². The molecule has 6 nitrogen and oxygen atoms in total. The Hall–Kier alpha value is -1.88. The second-order valence-corrected chi connectivity index (χ2v) is 14.6. The fraction of sp³-hybridized carbons (Fsp3) is 0.308. The molecule has 0 saturated carbocycles. The monoisotopic (exact) mass is 506 g/mol. The van der Waals surface area contributed by atoms with Crippen LogP contribution in [0.3, 0.4) is 0 Å². The Labute approximate surface area is 202 Å². The first-order valence-electron chi connectivity index (χ1n) is 11.2. The molecule has 5 N–H and O–H groups in total. The van der Waals surface area contributed by atoms with Gasteiger partial charge in [-0.2, -0.15) is 0 Å². The van der Waals surface area contributed by atoms with E-state index in [1.54, 1.807) is 36.4 Å². The summed E-state index contributed by atoms with van der Waals surface area (Å²) in [6.45, 7) is 12.6. The van der Waals surface area contributed by atoms with Crippen LogP contribution >= 0.6 is 15.9 Å². The standard InChI is InChI=1S/C26H36O6P2/c1-25(2,3)20-11-16-24(23(17-20)26(4,5)6)32-34(30,31)22-14-9-19(10-15-22)18-7-12-21(13-8-18)33(27,28)29/h7-17,27-31,33-34H,1-6H3. The van der Waals surface area contributed by atoms with Gasteiger partial charge >= 0.3 is 203 Å². The van der Waals surface area contributed by atoms with Crippen molar-refractivity contribution in [2.45, 2.75) is 52.4 Å². The molecule has 0 aliphatic rings. The topological polar surface area (TPSA) is 110 Å². The van der Waals surface area contributed by atoms with Crippen molar-refractivity contribution in [3.05, 3.63) is 77.9 Å². The molecular weight excluding hydrogens is 470 g/mol. The minimum absolute atomic E-state index is 0.0469. The summed E-state index contributed by atoms with van der Waals surface area (Å²) in [6.07, 6.45) is 0. The summed E-state index contributed by atoms with van der Waals surface area (Å²) >= 11 is 0. The molecule has 186 valence electrons. The van der Waals surface area contributed by atoms with Gasteiger partial charge < -0.3 is 0 Å². The Bertz CT molecular complexity index is 1140. The summed E-state index contributed by atoms with van der Waals surface area (Å²) in [6, 6.07) is 18.9. The fourth-order valence-electron chi connectivity index (χ4n) is 3.65. The van der Waals surface area contributed by atoms with Crippen molar-refractivity contribution in [1.29, 1.82) is 0 Å². The van der Waals surface area contributed by atoms with E-state index in [0.717, 1.165) is 22.3 Å². The van der Waals surface area contributed by atoms with E-state index in [1.165, 1.54) is 12.1 Å². The van der Waals surface area contributed by atoms with E-state index in [1.807, 2.05) is 12.1 Å². The van der Waals surface area contributed by atoms with E-state index in [2.05, 4.69) is 47.6 Å². The van der Waals surface area contributed by atoms with Crippen LogP contribution in [0.25, 0.3) is 11.1 Å². The molecule has 8 heteroatoms. The van der Waals surface area contributed by atoms with E-state index in [4.69, 9.17) is 4.52 Å². The second kappa shape index (κ2) is 9.29. The molecule has 0 radical (unpaired) electrons. The second-order valence-electron chi connectivity index (χ2n) is 10.7. The van der Waals surface area contributed by atoms with Gasteiger partial charge in [-0.1, -0.05) is 0 Å². The zero-order valence-corrected chi connectivity index (χ0v) is 22.5. The first kappa shape index (κ1) is 26.7. The molecule has 0 heterocycles. The predicted octanol–water partition coefficient (Wildman–Crippen LogP) is 4.23. The van der Waals surface area contributed by atoms with E-state index in [-0.39, 0.29) is 16.1 Å². The molecule has 0 aromatic heterocycles.